The lowest BCUT2D eigenvalue weighted by Gasteiger charge is -2.15. The van der Waals surface area contributed by atoms with Gasteiger partial charge in [-0.3, -0.25) is 4.68 Å². The van der Waals surface area contributed by atoms with Gasteiger partial charge < -0.3 is 14.6 Å². The first kappa shape index (κ1) is 19.2. The van der Waals surface area contributed by atoms with Crippen molar-refractivity contribution in [1.29, 1.82) is 0 Å². The van der Waals surface area contributed by atoms with Crippen LogP contribution in [0.1, 0.15) is 24.8 Å². The number of imidazole rings is 1. The van der Waals surface area contributed by atoms with Gasteiger partial charge in [0.15, 0.2) is 11.6 Å². The van der Waals surface area contributed by atoms with Crippen LogP contribution in [0.15, 0.2) is 24.7 Å². The van der Waals surface area contributed by atoms with Crippen molar-refractivity contribution in [3.8, 4) is 22.2 Å². The molecule has 0 unspecified atom stereocenters. The van der Waals surface area contributed by atoms with Crippen molar-refractivity contribution in [3.63, 3.8) is 0 Å². The molecule has 8 nitrogen and oxygen atoms in total. The minimum absolute atomic E-state index is 0.307. The summed E-state index contributed by atoms with van der Waals surface area (Å²) in [5, 5.41) is 9.37. The zero-order valence-electron chi connectivity index (χ0n) is 17.6. The Bertz CT molecular complexity index is 1210. The largest absolute Gasteiger partial charge is 0.381 e. The molecule has 2 atom stereocenters. The van der Waals surface area contributed by atoms with Crippen molar-refractivity contribution in [2.24, 2.45) is 14.1 Å². The standard InChI is InChI=1S/C21H25N7OS/c1-12-16-18(23-13-5-6-14(11-13)29-4)24-19(20-22-8-10-27(20)2)25-21(16)30-17(12)15-7-9-28(3)26-15/h7-10,13-14H,5-6,11H2,1-4H3,(H,23,24,25)/t13-,14+/m1/s1. The quantitative estimate of drug-likeness (QED) is 0.526. The van der Waals surface area contributed by atoms with E-state index in [0.717, 1.165) is 57.3 Å². The summed E-state index contributed by atoms with van der Waals surface area (Å²) in [5.41, 5.74) is 2.12. The maximum atomic E-state index is 5.56. The number of nitrogens with one attached hydrogen (secondary N) is 1. The molecule has 4 aromatic heterocycles. The van der Waals surface area contributed by atoms with Gasteiger partial charge in [-0.2, -0.15) is 5.10 Å². The van der Waals surface area contributed by atoms with Crippen LogP contribution < -0.4 is 5.32 Å². The number of rotatable bonds is 5. The maximum Gasteiger partial charge on any atom is 0.199 e. The van der Waals surface area contributed by atoms with E-state index in [0.29, 0.717) is 18.0 Å². The van der Waals surface area contributed by atoms with E-state index >= 15 is 0 Å². The molecule has 5 rings (SSSR count). The van der Waals surface area contributed by atoms with Crippen LogP contribution in [0.3, 0.4) is 0 Å². The number of thiophene rings is 1. The van der Waals surface area contributed by atoms with Crippen LogP contribution in [0.25, 0.3) is 32.4 Å². The Labute approximate surface area is 178 Å². The third-order valence-electron chi connectivity index (χ3n) is 5.82. The summed E-state index contributed by atoms with van der Waals surface area (Å²) in [4.78, 5) is 16.3. The van der Waals surface area contributed by atoms with Gasteiger partial charge in [0, 0.05) is 45.8 Å². The number of fused-ring (bicyclic) bond motifs is 1. The molecule has 1 fully saturated rings. The minimum Gasteiger partial charge on any atom is -0.381 e. The zero-order valence-corrected chi connectivity index (χ0v) is 18.4. The summed E-state index contributed by atoms with van der Waals surface area (Å²) in [6.45, 7) is 2.13. The van der Waals surface area contributed by atoms with Crippen molar-refractivity contribution >= 4 is 27.4 Å². The van der Waals surface area contributed by atoms with Gasteiger partial charge in [-0.05, 0) is 37.8 Å². The topological polar surface area (TPSA) is 82.7 Å². The van der Waals surface area contributed by atoms with Gasteiger partial charge in [0.25, 0.3) is 0 Å². The lowest BCUT2D eigenvalue weighted by atomic mass is 10.1. The fraction of sp³-hybridized carbons (Fsp3) is 0.429. The van der Waals surface area contributed by atoms with Crippen LogP contribution in [0.2, 0.25) is 0 Å². The number of hydrogen-bond donors (Lipinski definition) is 1. The predicted molar refractivity (Wildman–Crippen MR) is 119 cm³/mol. The maximum absolute atomic E-state index is 5.56. The van der Waals surface area contributed by atoms with E-state index in [1.54, 1.807) is 24.6 Å². The van der Waals surface area contributed by atoms with Gasteiger partial charge in [0.2, 0.25) is 0 Å². The Balaban J connectivity index is 1.64. The highest BCUT2D eigenvalue weighted by molar-refractivity contribution is 7.22. The molecule has 30 heavy (non-hydrogen) atoms. The van der Waals surface area contributed by atoms with Gasteiger partial charge in [-0.25, -0.2) is 15.0 Å². The monoisotopic (exact) mass is 423 g/mol. The second-order valence-electron chi connectivity index (χ2n) is 7.88. The first-order valence-electron chi connectivity index (χ1n) is 10.1. The van der Waals surface area contributed by atoms with Crippen molar-refractivity contribution in [3.05, 3.63) is 30.2 Å². The first-order chi connectivity index (χ1) is 14.5. The van der Waals surface area contributed by atoms with Gasteiger partial charge >= 0.3 is 0 Å². The van der Waals surface area contributed by atoms with E-state index in [1.807, 2.05) is 41.8 Å². The molecule has 0 amide bonds. The average molecular weight is 424 g/mol. The Morgan fingerprint density at radius 3 is 2.73 bits per heavy atom. The molecule has 1 saturated carbocycles. The number of nitrogens with zero attached hydrogens (tertiary/aromatic N) is 6. The van der Waals surface area contributed by atoms with Crippen molar-refractivity contribution < 1.29 is 4.74 Å². The zero-order chi connectivity index (χ0) is 20.8. The Morgan fingerprint density at radius 2 is 2.07 bits per heavy atom. The number of ether oxygens (including phenoxy) is 1. The predicted octanol–water partition coefficient (Wildman–Crippen LogP) is 3.78. The summed E-state index contributed by atoms with van der Waals surface area (Å²) in [7, 11) is 5.68. The lowest BCUT2D eigenvalue weighted by Crippen LogP contribution is -2.18. The summed E-state index contributed by atoms with van der Waals surface area (Å²) < 4.78 is 9.33. The minimum atomic E-state index is 0.307. The SMILES string of the molecule is CO[C@H]1CC[C@@H](Nc2nc(-c3nccn3C)nc3sc(-c4ccn(C)n4)c(C)c23)C1. The summed E-state index contributed by atoms with van der Waals surface area (Å²) >= 11 is 1.66. The first-order valence-corrected chi connectivity index (χ1v) is 10.9. The van der Waals surface area contributed by atoms with Crippen molar-refractivity contribution in [1.82, 2.24) is 29.3 Å². The number of aromatic nitrogens is 6. The van der Waals surface area contributed by atoms with E-state index in [9.17, 15) is 0 Å². The van der Waals surface area contributed by atoms with Gasteiger partial charge in [-0.1, -0.05) is 0 Å². The highest BCUT2D eigenvalue weighted by atomic mass is 32.1. The molecule has 0 aliphatic heterocycles. The summed E-state index contributed by atoms with van der Waals surface area (Å²) in [6.07, 6.45) is 9.07. The molecule has 1 N–H and O–H groups in total. The molecule has 4 heterocycles. The lowest BCUT2D eigenvalue weighted by molar-refractivity contribution is 0.108. The average Bonchev–Trinajstić information content (AvgIpc) is 3.50. The van der Waals surface area contributed by atoms with Crippen molar-refractivity contribution in [2.75, 3.05) is 12.4 Å². The third kappa shape index (κ3) is 3.27. The molecule has 0 radical (unpaired) electrons. The number of hydrogen-bond acceptors (Lipinski definition) is 7. The fourth-order valence-electron chi connectivity index (χ4n) is 4.18. The van der Waals surface area contributed by atoms with Crippen LogP contribution >= 0.6 is 11.3 Å². The second kappa shape index (κ2) is 7.48. The Hall–Kier alpha value is -2.78. The van der Waals surface area contributed by atoms with E-state index in [2.05, 4.69) is 22.3 Å². The molecule has 0 spiro atoms. The number of anilines is 1. The van der Waals surface area contributed by atoms with Gasteiger partial charge in [-0.15, -0.1) is 11.3 Å². The van der Waals surface area contributed by atoms with Gasteiger partial charge in [0.1, 0.15) is 16.3 Å². The highest BCUT2D eigenvalue weighted by Crippen LogP contribution is 2.41. The third-order valence-corrected chi connectivity index (χ3v) is 7.02. The van der Waals surface area contributed by atoms with Crippen LogP contribution in [-0.2, 0) is 18.8 Å². The van der Waals surface area contributed by atoms with E-state index in [-0.39, 0.29) is 0 Å². The number of aryl methyl sites for hydroxylation is 3. The molecule has 156 valence electrons. The van der Waals surface area contributed by atoms with Crippen LogP contribution in [0, 0.1) is 6.92 Å². The smallest absolute Gasteiger partial charge is 0.199 e. The second-order valence-corrected chi connectivity index (χ2v) is 8.88. The number of methoxy groups -OCH3 is 1. The highest BCUT2D eigenvalue weighted by Gasteiger charge is 2.27. The summed E-state index contributed by atoms with van der Waals surface area (Å²) in [5.74, 6) is 2.26. The van der Waals surface area contributed by atoms with Crippen LogP contribution in [0.4, 0.5) is 5.82 Å². The molecular formula is C21H25N7OS. The Kier molecular flexibility index (Phi) is 4.79. The molecule has 9 heteroatoms. The summed E-state index contributed by atoms with van der Waals surface area (Å²) in [6, 6.07) is 2.37. The van der Waals surface area contributed by atoms with E-state index in [4.69, 9.17) is 14.7 Å². The van der Waals surface area contributed by atoms with Crippen LogP contribution in [-0.4, -0.2) is 48.6 Å². The molecule has 1 aliphatic carbocycles. The molecule has 1 aliphatic rings. The molecule has 0 aromatic carbocycles. The normalized spacial score (nSPS) is 19.1. The fourth-order valence-corrected chi connectivity index (χ4v) is 5.33. The Morgan fingerprint density at radius 1 is 1.20 bits per heavy atom. The molecule has 0 bridgehead atoms. The molecule has 0 saturated heterocycles. The van der Waals surface area contributed by atoms with E-state index in [1.165, 1.54) is 0 Å². The molecular weight excluding hydrogens is 398 g/mol. The van der Waals surface area contributed by atoms with E-state index < -0.39 is 0 Å². The van der Waals surface area contributed by atoms with Gasteiger partial charge in [0.05, 0.1) is 16.4 Å². The van der Waals surface area contributed by atoms with Crippen LogP contribution in [0.5, 0.6) is 0 Å². The van der Waals surface area contributed by atoms with Crippen molar-refractivity contribution in [2.45, 2.75) is 38.3 Å². The molecule has 4 aromatic rings.